The molecule has 6 rings (SSSR count). The third-order valence-electron chi connectivity index (χ3n) is 10.2. The van der Waals surface area contributed by atoms with Crippen molar-refractivity contribution in [3.05, 3.63) is 129 Å². The van der Waals surface area contributed by atoms with Gasteiger partial charge in [0.05, 0.1) is 0 Å². The Morgan fingerprint density at radius 1 is 0.617 bits per heavy atom. The normalized spacial score (nSPS) is 16.7. The van der Waals surface area contributed by atoms with E-state index in [-0.39, 0.29) is 35.6 Å². The maximum atomic E-state index is 5.22. The van der Waals surface area contributed by atoms with Crippen LogP contribution in [0, 0.1) is 12.8 Å². The van der Waals surface area contributed by atoms with Crippen molar-refractivity contribution in [3.8, 4) is 22.3 Å². The van der Waals surface area contributed by atoms with Crippen LogP contribution in [-0.4, -0.2) is 4.21 Å². The zero-order valence-corrected chi connectivity index (χ0v) is 33.8. The van der Waals surface area contributed by atoms with Crippen LogP contribution in [0.25, 0.3) is 34.4 Å². The van der Waals surface area contributed by atoms with E-state index in [9.17, 15) is 0 Å². The molecule has 2 aliphatic carbocycles. The van der Waals surface area contributed by atoms with Crippen LogP contribution in [0.3, 0.4) is 0 Å². The van der Waals surface area contributed by atoms with E-state index in [4.69, 9.17) is 4.21 Å². The maximum Gasteiger partial charge on any atom is -1.00 e. The summed E-state index contributed by atoms with van der Waals surface area (Å²) < 4.78 is 6.17. The maximum absolute atomic E-state index is 5.22. The van der Waals surface area contributed by atoms with Gasteiger partial charge in [0, 0.05) is 0 Å². The number of halogens is 2. The molecule has 2 aliphatic rings. The zero-order valence-electron chi connectivity index (χ0n) is 29.9. The molecule has 0 spiro atoms. The Bertz CT molecular complexity index is 1860. The van der Waals surface area contributed by atoms with Crippen LogP contribution in [0.5, 0.6) is 0 Å². The van der Waals surface area contributed by atoms with Crippen molar-refractivity contribution in [1.82, 2.24) is 0 Å². The van der Waals surface area contributed by atoms with E-state index >= 15 is 0 Å². The van der Waals surface area contributed by atoms with Gasteiger partial charge in [-0.25, -0.2) is 0 Å². The molecular formula is C44H50Cl2Zr. The Morgan fingerprint density at radius 3 is 1.62 bits per heavy atom. The van der Waals surface area contributed by atoms with Gasteiger partial charge in [0.15, 0.2) is 0 Å². The summed E-state index contributed by atoms with van der Waals surface area (Å²) >= 11 is -2.43. The summed E-state index contributed by atoms with van der Waals surface area (Å²) in [5.41, 5.74) is 18.9. The summed E-state index contributed by atoms with van der Waals surface area (Å²) in [5, 5.41) is 0. The molecule has 2 unspecified atom stereocenters. The molecule has 4 aromatic carbocycles. The standard InChI is InChI=1S/C22H25.C21H23.CH2.2ClH.Zr/c1-15(2)18-13-17-7-6-8-20(21(17)14-18)16-9-11-19(12-10-16)22(3,4)5;1-14-12-19-15(2)6-11-18(20(19)13-14)16-7-9-17(10-8-16)21(3,4)5;;;;/h6-15H,1-5H3;6-13H,1-5H3;1H2;2*1H;/q;;;;;+2/p-2. The van der Waals surface area contributed by atoms with Crippen LogP contribution < -0.4 is 24.8 Å². The first kappa shape index (κ1) is 37.5. The second-order valence-corrected chi connectivity index (χ2v) is 21.5. The predicted octanol–water partition coefficient (Wildman–Crippen LogP) is 6.23. The second-order valence-electron chi connectivity index (χ2n) is 15.8. The summed E-state index contributed by atoms with van der Waals surface area (Å²) in [6, 6.07) is 30.3. The summed E-state index contributed by atoms with van der Waals surface area (Å²) in [7, 11) is 0. The third kappa shape index (κ3) is 6.93. The zero-order chi connectivity index (χ0) is 32.4. The van der Waals surface area contributed by atoms with Gasteiger partial charge in [0.25, 0.3) is 0 Å². The molecule has 0 aliphatic heterocycles. The van der Waals surface area contributed by atoms with Gasteiger partial charge in [-0.05, 0) is 0 Å². The average Bonchev–Trinajstić information content (AvgIpc) is 3.55. The Morgan fingerprint density at radius 2 is 1.13 bits per heavy atom. The molecule has 4 aromatic rings. The topological polar surface area (TPSA) is 0 Å². The first-order valence-electron chi connectivity index (χ1n) is 16.7. The van der Waals surface area contributed by atoms with E-state index in [1.54, 1.807) is 11.1 Å². The minimum absolute atomic E-state index is 0. The molecule has 0 radical (unpaired) electrons. The molecule has 0 heterocycles. The van der Waals surface area contributed by atoms with E-state index < -0.39 is 21.3 Å². The summed E-state index contributed by atoms with van der Waals surface area (Å²) in [4.78, 5) is 0. The average molecular weight is 741 g/mol. The Kier molecular flexibility index (Phi) is 11.1. The molecule has 0 fully saturated rings. The number of aryl methyl sites for hydroxylation is 1. The van der Waals surface area contributed by atoms with Crippen molar-refractivity contribution in [3.63, 3.8) is 0 Å². The summed E-state index contributed by atoms with van der Waals surface area (Å²) in [5.74, 6) is 0.495. The molecule has 0 nitrogen and oxygen atoms in total. The molecule has 0 bridgehead atoms. The van der Waals surface area contributed by atoms with Crippen LogP contribution in [0.15, 0.2) is 90.0 Å². The van der Waals surface area contributed by atoms with Crippen molar-refractivity contribution in [2.45, 2.75) is 87.3 Å². The molecule has 244 valence electrons. The van der Waals surface area contributed by atoms with Crippen molar-refractivity contribution in [2.75, 3.05) is 0 Å². The first-order valence-corrected chi connectivity index (χ1v) is 21.3. The van der Waals surface area contributed by atoms with Gasteiger partial charge in [0.2, 0.25) is 0 Å². The molecular weight excluding hydrogens is 691 g/mol. The van der Waals surface area contributed by atoms with Crippen LogP contribution in [0.4, 0.5) is 0 Å². The first-order chi connectivity index (χ1) is 21.2. The minimum Gasteiger partial charge on any atom is -1.00 e. The van der Waals surface area contributed by atoms with Gasteiger partial charge in [-0.3, -0.25) is 0 Å². The van der Waals surface area contributed by atoms with Crippen molar-refractivity contribution in [1.29, 1.82) is 0 Å². The van der Waals surface area contributed by atoms with Gasteiger partial charge >= 0.3 is 282 Å². The Labute approximate surface area is 304 Å². The fraction of sp³-hybridized carbons (Fsp3) is 0.341. The number of benzene rings is 4. The Hall–Kier alpha value is -2.31. The van der Waals surface area contributed by atoms with Crippen LogP contribution in [0.2, 0.25) is 0 Å². The SMILES string of the molecule is [CH2]=[Zr+2]([CH]1C(C(C)C)=Cc2c(-c3ccc(C(C)(C)C)cc3)cccc21)[CH]1C(C)=Cc2c(-c3ccc(C(C)(C)C)cc3)ccc(C)c21.[Cl-].[Cl-]. The van der Waals surface area contributed by atoms with E-state index in [1.807, 2.05) is 0 Å². The van der Waals surface area contributed by atoms with Crippen LogP contribution >= 0.6 is 0 Å². The van der Waals surface area contributed by atoms with Crippen LogP contribution in [-0.2, 0) is 32.1 Å². The molecule has 47 heavy (non-hydrogen) atoms. The predicted molar refractivity (Wildman–Crippen MR) is 195 cm³/mol. The van der Waals surface area contributed by atoms with Crippen molar-refractivity contribution < 1.29 is 46.1 Å². The van der Waals surface area contributed by atoms with Crippen molar-refractivity contribution >= 4 is 16.4 Å². The molecule has 3 heteroatoms. The monoisotopic (exact) mass is 738 g/mol. The largest absolute Gasteiger partial charge is 1.00 e. The van der Waals surface area contributed by atoms with E-state index in [0.29, 0.717) is 13.2 Å². The fourth-order valence-corrected chi connectivity index (χ4v) is 15.6. The van der Waals surface area contributed by atoms with Gasteiger partial charge in [-0.1, -0.05) is 0 Å². The number of fused-ring (bicyclic) bond motifs is 2. The fourth-order valence-electron chi connectivity index (χ4n) is 7.61. The van der Waals surface area contributed by atoms with Gasteiger partial charge in [-0.2, -0.15) is 0 Å². The van der Waals surface area contributed by atoms with E-state index in [1.165, 1.54) is 61.2 Å². The molecule has 0 N–H and O–H groups in total. The molecule has 0 amide bonds. The molecule has 2 atom stereocenters. The molecule has 0 saturated carbocycles. The quantitative estimate of drug-likeness (QED) is 0.228. The van der Waals surface area contributed by atoms with Gasteiger partial charge in [-0.15, -0.1) is 0 Å². The van der Waals surface area contributed by atoms with Crippen LogP contribution in [0.1, 0.15) is 109 Å². The Balaban J connectivity index is 0.00000250. The number of hydrogen-bond acceptors (Lipinski definition) is 0. The van der Waals surface area contributed by atoms with Crippen molar-refractivity contribution in [2.24, 2.45) is 5.92 Å². The minimum atomic E-state index is -2.43. The molecule has 0 saturated heterocycles. The number of rotatable bonds is 5. The summed E-state index contributed by atoms with van der Waals surface area (Å²) in [6.45, 7) is 23.2. The second kappa shape index (κ2) is 13.9. The number of hydrogen-bond donors (Lipinski definition) is 0. The van der Waals surface area contributed by atoms with E-state index in [2.05, 4.69) is 160 Å². The smallest absolute Gasteiger partial charge is 1.00 e. The van der Waals surface area contributed by atoms with Gasteiger partial charge < -0.3 is 24.8 Å². The van der Waals surface area contributed by atoms with E-state index in [0.717, 1.165) is 0 Å². The number of allylic oxidation sites excluding steroid dienone is 2. The molecule has 0 aromatic heterocycles. The summed E-state index contributed by atoms with van der Waals surface area (Å²) in [6.07, 6.45) is 5.06. The van der Waals surface area contributed by atoms with Gasteiger partial charge in [0.1, 0.15) is 0 Å². The third-order valence-corrected chi connectivity index (χ3v) is 17.3.